The van der Waals surface area contributed by atoms with Crippen molar-refractivity contribution in [1.29, 1.82) is 0 Å². The maximum Gasteiger partial charge on any atom is 0.391 e. The summed E-state index contributed by atoms with van der Waals surface area (Å²) in [5.74, 6) is -3.22. The Hall–Kier alpha value is -2.39. The van der Waals surface area contributed by atoms with E-state index >= 15 is 0 Å². The average molecular weight is 363 g/mol. The fraction of sp³-hybridized carbons (Fsp3) is 0.533. The second-order valence-corrected chi connectivity index (χ2v) is 5.92. The minimum atomic E-state index is -4.26. The number of halogens is 4. The highest BCUT2D eigenvalue weighted by Gasteiger charge is 2.41. The first kappa shape index (κ1) is 18.9. The third-order valence-corrected chi connectivity index (χ3v) is 4.32. The molecule has 0 atom stereocenters. The Morgan fingerprint density at radius 1 is 1.24 bits per heavy atom. The predicted molar refractivity (Wildman–Crippen MR) is 81.9 cm³/mol. The molecule has 1 aromatic carbocycles. The molecule has 0 spiro atoms. The van der Waals surface area contributed by atoms with Gasteiger partial charge in [-0.05, 0) is 25.7 Å². The Morgan fingerprint density at radius 3 is 2.32 bits per heavy atom. The zero-order valence-electron chi connectivity index (χ0n) is 13.3. The molecule has 1 amide bonds. The summed E-state index contributed by atoms with van der Waals surface area (Å²) in [5.41, 5.74) is -1.05. The lowest BCUT2D eigenvalue weighted by atomic mass is 9.85. The van der Waals surface area contributed by atoms with Crippen LogP contribution in [0.5, 0.6) is 0 Å². The van der Waals surface area contributed by atoms with Crippen LogP contribution in [0.25, 0.3) is 0 Å². The van der Waals surface area contributed by atoms with Crippen LogP contribution in [0.4, 0.5) is 28.9 Å². The minimum Gasteiger partial charge on any atom is -0.382 e. The molecule has 0 radical (unpaired) electrons. The molecule has 0 unspecified atom stereocenters. The van der Waals surface area contributed by atoms with Crippen LogP contribution in [0.1, 0.15) is 36.0 Å². The Balaban J connectivity index is 2.09. The molecule has 1 fully saturated rings. The number of amides is 1. The number of benzene rings is 1. The van der Waals surface area contributed by atoms with Gasteiger partial charge in [0.2, 0.25) is 0 Å². The van der Waals surface area contributed by atoms with Gasteiger partial charge in [0.15, 0.2) is 0 Å². The highest BCUT2D eigenvalue weighted by molar-refractivity contribution is 5.96. The third-order valence-electron chi connectivity index (χ3n) is 4.32. The van der Waals surface area contributed by atoms with Gasteiger partial charge in [-0.1, -0.05) is 0 Å². The highest BCUT2D eigenvalue weighted by Crippen LogP contribution is 2.37. The van der Waals surface area contributed by atoms with E-state index in [2.05, 4.69) is 10.6 Å². The number of carbonyl (C=O) groups excluding carboxylic acids is 1. The molecule has 2 N–H and O–H groups in total. The first-order valence-electron chi connectivity index (χ1n) is 7.66. The summed E-state index contributed by atoms with van der Waals surface area (Å²) in [7, 11) is 1.38. The van der Waals surface area contributed by atoms with E-state index in [1.165, 1.54) is 7.05 Å². The van der Waals surface area contributed by atoms with E-state index in [4.69, 9.17) is 0 Å². The Morgan fingerprint density at radius 2 is 1.84 bits per heavy atom. The molecular formula is C15H17F4N3O3. The largest absolute Gasteiger partial charge is 0.391 e. The van der Waals surface area contributed by atoms with Crippen LogP contribution >= 0.6 is 0 Å². The average Bonchev–Trinajstić information content (AvgIpc) is 2.53. The second-order valence-electron chi connectivity index (χ2n) is 5.92. The van der Waals surface area contributed by atoms with Gasteiger partial charge in [-0.25, -0.2) is 4.39 Å². The molecule has 10 heteroatoms. The van der Waals surface area contributed by atoms with Crippen molar-refractivity contribution in [2.75, 3.05) is 12.4 Å². The predicted octanol–water partition coefficient (Wildman–Crippen LogP) is 3.63. The van der Waals surface area contributed by atoms with Gasteiger partial charge in [-0.2, -0.15) is 13.2 Å². The summed E-state index contributed by atoms with van der Waals surface area (Å²) >= 11 is 0. The number of nitro benzene ring substituents is 1. The molecule has 138 valence electrons. The molecule has 0 bridgehead atoms. The number of carbonyl (C=O) groups is 1. The molecule has 1 aliphatic rings. The van der Waals surface area contributed by atoms with Gasteiger partial charge in [0.05, 0.1) is 16.4 Å². The van der Waals surface area contributed by atoms with Gasteiger partial charge in [-0.3, -0.25) is 14.9 Å². The molecule has 0 saturated heterocycles. The Labute approximate surface area is 140 Å². The quantitative estimate of drug-likeness (QED) is 0.486. The van der Waals surface area contributed by atoms with Crippen LogP contribution in [-0.4, -0.2) is 30.1 Å². The molecule has 2 rings (SSSR count). The van der Waals surface area contributed by atoms with Crippen molar-refractivity contribution < 1.29 is 27.3 Å². The number of alkyl halides is 3. The van der Waals surface area contributed by atoms with Crippen molar-refractivity contribution in [1.82, 2.24) is 5.32 Å². The van der Waals surface area contributed by atoms with Crippen molar-refractivity contribution in [3.8, 4) is 0 Å². The first-order valence-corrected chi connectivity index (χ1v) is 7.66. The van der Waals surface area contributed by atoms with Crippen molar-refractivity contribution in [3.05, 3.63) is 33.6 Å². The van der Waals surface area contributed by atoms with Gasteiger partial charge in [0.25, 0.3) is 11.6 Å². The lowest BCUT2D eigenvalue weighted by molar-refractivity contribution is -0.384. The van der Waals surface area contributed by atoms with Gasteiger partial charge < -0.3 is 10.6 Å². The fourth-order valence-electron chi connectivity index (χ4n) is 2.92. The van der Waals surface area contributed by atoms with Gasteiger partial charge in [0.1, 0.15) is 11.5 Å². The van der Waals surface area contributed by atoms with Crippen molar-refractivity contribution >= 4 is 17.3 Å². The van der Waals surface area contributed by atoms with E-state index < -0.39 is 46.0 Å². The second kappa shape index (κ2) is 7.24. The fourth-order valence-corrected chi connectivity index (χ4v) is 2.92. The van der Waals surface area contributed by atoms with E-state index in [1.54, 1.807) is 0 Å². The first-order chi connectivity index (χ1) is 11.6. The van der Waals surface area contributed by atoms with E-state index in [9.17, 15) is 32.5 Å². The number of nitrogens with one attached hydrogen (secondary N) is 2. The topological polar surface area (TPSA) is 84.3 Å². The summed E-state index contributed by atoms with van der Waals surface area (Å²) in [6.07, 6.45) is -4.25. The van der Waals surface area contributed by atoms with E-state index in [0.717, 1.165) is 12.1 Å². The molecule has 1 aliphatic carbocycles. The van der Waals surface area contributed by atoms with Crippen LogP contribution in [0.15, 0.2) is 12.1 Å². The number of anilines is 1. The molecular weight excluding hydrogens is 346 g/mol. The molecule has 25 heavy (non-hydrogen) atoms. The van der Waals surface area contributed by atoms with Crippen molar-refractivity contribution in [2.24, 2.45) is 5.92 Å². The number of hydrogen-bond acceptors (Lipinski definition) is 4. The summed E-state index contributed by atoms with van der Waals surface area (Å²) < 4.78 is 51.9. The summed E-state index contributed by atoms with van der Waals surface area (Å²) in [5, 5.41) is 15.9. The number of nitrogens with zero attached hydrogens (tertiary/aromatic N) is 1. The van der Waals surface area contributed by atoms with Gasteiger partial charge in [0, 0.05) is 25.2 Å². The number of hydrogen-bond donors (Lipinski definition) is 2. The zero-order valence-corrected chi connectivity index (χ0v) is 13.3. The summed E-state index contributed by atoms with van der Waals surface area (Å²) in [6, 6.07) is 1.14. The minimum absolute atomic E-state index is 0.0789. The Kier molecular flexibility index (Phi) is 5.48. The van der Waals surface area contributed by atoms with Crippen LogP contribution in [0.3, 0.4) is 0 Å². The van der Waals surface area contributed by atoms with Crippen molar-refractivity contribution in [3.63, 3.8) is 0 Å². The normalized spacial score (nSPS) is 20.8. The van der Waals surface area contributed by atoms with E-state index in [1.807, 2.05) is 0 Å². The van der Waals surface area contributed by atoms with Crippen LogP contribution in [0, 0.1) is 21.8 Å². The third kappa shape index (κ3) is 4.37. The number of nitro groups is 1. The SMILES string of the molecule is CNc1cc(F)c(C(=O)NC2CCC(C(F)(F)F)CC2)cc1[N+](=O)[O-]. The maximum atomic E-state index is 14.0. The van der Waals surface area contributed by atoms with Crippen LogP contribution < -0.4 is 10.6 Å². The van der Waals surface area contributed by atoms with E-state index in [-0.39, 0.29) is 31.4 Å². The number of rotatable bonds is 4. The lowest BCUT2D eigenvalue weighted by Crippen LogP contribution is -2.40. The molecule has 0 aromatic heterocycles. The van der Waals surface area contributed by atoms with Crippen molar-refractivity contribution in [2.45, 2.75) is 37.9 Å². The van der Waals surface area contributed by atoms with Crippen LogP contribution in [0.2, 0.25) is 0 Å². The molecule has 1 saturated carbocycles. The lowest BCUT2D eigenvalue weighted by Gasteiger charge is -2.30. The zero-order chi connectivity index (χ0) is 18.8. The standard InChI is InChI=1S/C15H17F4N3O3/c1-20-12-7-11(16)10(6-13(12)22(24)25)14(23)21-9-4-2-8(3-5-9)15(17,18)19/h6-9,20H,2-5H2,1H3,(H,21,23). The smallest absolute Gasteiger partial charge is 0.382 e. The summed E-state index contributed by atoms with van der Waals surface area (Å²) in [4.78, 5) is 22.4. The molecule has 6 nitrogen and oxygen atoms in total. The molecule has 1 aromatic rings. The van der Waals surface area contributed by atoms with Gasteiger partial charge in [-0.15, -0.1) is 0 Å². The highest BCUT2D eigenvalue weighted by atomic mass is 19.4. The monoisotopic (exact) mass is 363 g/mol. The maximum absolute atomic E-state index is 14.0. The van der Waals surface area contributed by atoms with Crippen LogP contribution in [-0.2, 0) is 0 Å². The summed E-state index contributed by atoms with van der Waals surface area (Å²) in [6.45, 7) is 0. The Bertz CT molecular complexity index is 671. The molecule has 0 aliphatic heterocycles. The molecule has 0 heterocycles. The van der Waals surface area contributed by atoms with E-state index in [0.29, 0.717) is 0 Å². The van der Waals surface area contributed by atoms with Gasteiger partial charge >= 0.3 is 6.18 Å².